The molecule has 0 aliphatic carbocycles. The molecule has 1 aromatic rings. The molecule has 1 atom stereocenters. The van der Waals surface area contributed by atoms with E-state index in [1.165, 1.54) is 0 Å². The molecule has 1 heterocycles. The van der Waals surface area contributed by atoms with Crippen LogP contribution in [-0.2, 0) is 4.74 Å². The van der Waals surface area contributed by atoms with Crippen LogP contribution in [0.1, 0.15) is 39.4 Å². The molecular weight excluding hydrogens is 228 g/mol. The highest BCUT2D eigenvalue weighted by Gasteiger charge is 2.09. The second kappa shape index (κ2) is 6.71. The highest BCUT2D eigenvalue weighted by molar-refractivity contribution is 5.21. The van der Waals surface area contributed by atoms with Gasteiger partial charge in [-0.25, -0.2) is 0 Å². The summed E-state index contributed by atoms with van der Waals surface area (Å²) in [6.45, 7) is 9.28. The normalized spacial score (nSPS) is 13.4. The predicted molar refractivity (Wildman–Crippen MR) is 72.9 cm³/mol. The van der Waals surface area contributed by atoms with Crippen LogP contribution in [0.4, 0.5) is 0 Å². The Labute approximate surface area is 110 Å². The van der Waals surface area contributed by atoms with Crippen LogP contribution in [-0.4, -0.2) is 30.8 Å². The van der Waals surface area contributed by atoms with E-state index in [0.717, 1.165) is 11.4 Å². The Kier molecular flexibility index (Phi) is 5.56. The Hall–Kier alpha value is -1.13. The average Bonchev–Trinajstić information content (AvgIpc) is 2.33. The van der Waals surface area contributed by atoms with Crippen molar-refractivity contribution in [2.24, 2.45) is 0 Å². The summed E-state index contributed by atoms with van der Waals surface area (Å²) >= 11 is 0. The quantitative estimate of drug-likeness (QED) is 0.790. The monoisotopic (exact) mass is 252 g/mol. The van der Waals surface area contributed by atoms with Crippen molar-refractivity contribution in [2.45, 2.75) is 39.3 Å². The van der Waals surface area contributed by atoms with Gasteiger partial charge in [0.2, 0.25) is 0 Å². The average molecular weight is 252 g/mol. The summed E-state index contributed by atoms with van der Waals surface area (Å²) in [5, 5.41) is 3.15. The van der Waals surface area contributed by atoms with E-state index in [-0.39, 0.29) is 11.6 Å². The topological polar surface area (TPSA) is 43.4 Å². The SMILES string of the molecule is CNC(C)c1ccc(OCCOC(C)(C)C)cn1. The van der Waals surface area contributed by atoms with Crippen LogP contribution in [0.15, 0.2) is 18.3 Å². The van der Waals surface area contributed by atoms with Crippen LogP contribution >= 0.6 is 0 Å². The number of rotatable bonds is 6. The van der Waals surface area contributed by atoms with E-state index >= 15 is 0 Å². The van der Waals surface area contributed by atoms with Gasteiger partial charge in [-0.05, 0) is 46.9 Å². The maximum absolute atomic E-state index is 5.57. The molecule has 0 saturated heterocycles. The number of pyridine rings is 1. The fourth-order valence-electron chi connectivity index (χ4n) is 1.39. The number of hydrogen-bond acceptors (Lipinski definition) is 4. The second-order valence-electron chi connectivity index (χ2n) is 5.24. The molecule has 102 valence electrons. The predicted octanol–water partition coefficient (Wildman–Crippen LogP) is 2.56. The molecule has 0 aliphatic heterocycles. The third-order valence-corrected chi connectivity index (χ3v) is 2.52. The zero-order chi connectivity index (χ0) is 13.6. The zero-order valence-electron chi connectivity index (χ0n) is 12.0. The summed E-state index contributed by atoms with van der Waals surface area (Å²) in [7, 11) is 1.92. The van der Waals surface area contributed by atoms with E-state index in [0.29, 0.717) is 13.2 Å². The van der Waals surface area contributed by atoms with Crippen molar-refractivity contribution in [1.29, 1.82) is 0 Å². The van der Waals surface area contributed by atoms with Crippen molar-refractivity contribution in [3.8, 4) is 5.75 Å². The molecule has 4 heteroatoms. The lowest BCUT2D eigenvalue weighted by Gasteiger charge is -2.19. The Morgan fingerprint density at radius 3 is 2.50 bits per heavy atom. The van der Waals surface area contributed by atoms with Crippen molar-refractivity contribution in [2.75, 3.05) is 20.3 Å². The van der Waals surface area contributed by atoms with Crippen LogP contribution in [0.3, 0.4) is 0 Å². The Morgan fingerprint density at radius 2 is 2.00 bits per heavy atom. The van der Waals surface area contributed by atoms with E-state index in [9.17, 15) is 0 Å². The minimum atomic E-state index is -0.117. The van der Waals surface area contributed by atoms with Crippen LogP contribution in [0.25, 0.3) is 0 Å². The summed E-state index contributed by atoms with van der Waals surface area (Å²) < 4.78 is 11.1. The fourth-order valence-corrected chi connectivity index (χ4v) is 1.39. The number of ether oxygens (including phenoxy) is 2. The Bertz CT molecular complexity index is 344. The van der Waals surface area contributed by atoms with Crippen molar-refractivity contribution in [3.05, 3.63) is 24.0 Å². The number of nitrogens with one attached hydrogen (secondary N) is 1. The van der Waals surface area contributed by atoms with Gasteiger partial charge in [-0.1, -0.05) is 0 Å². The van der Waals surface area contributed by atoms with Gasteiger partial charge >= 0.3 is 0 Å². The summed E-state index contributed by atoms with van der Waals surface area (Å²) in [6.07, 6.45) is 1.75. The summed E-state index contributed by atoms with van der Waals surface area (Å²) in [5.41, 5.74) is 0.893. The summed E-state index contributed by atoms with van der Waals surface area (Å²) in [5.74, 6) is 0.777. The lowest BCUT2D eigenvalue weighted by atomic mass is 10.2. The Morgan fingerprint density at radius 1 is 1.28 bits per heavy atom. The standard InChI is InChI=1S/C14H24N2O2/c1-11(15-5)13-7-6-12(10-16-13)17-8-9-18-14(2,3)4/h6-7,10-11,15H,8-9H2,1-5H3. The number of aromatic nitrogens is 1. The molecule has 4 nitrogen and oxygen atoms in total. The molecule has 0 amide bonds. The van der Waals surface area contributed by atoms with Crippen molar-refractivity contribution in [3.63, 3.8) is 0 Å². The molecule has 0 radical (unpaired) electrons. The van der Waals surface area contributed by atoms with E-state index in [4.69, 9.17) is 9.47 Å². The van der Waals surface area contributed by atoms with Gasteiger partial charge in [-0.2, -0.15) is 0 Å². The molecule has 0 aliphatic rings. The molecular formula is C14H24N2O2. The van der Waals surface area contributed by atoms with Gasteiger partial charge < -0.3 is 14.8 Å². The van der Waals surface area contributed by atoms with Crippen LogP contribution in [0, 0.1) is 0 Å². The maximum atomic E-state index is 5.57. The van der Waals surface area contributed by atoms with Gasteiger partial charge in [0.25, 0.3) is 0 Å². The number of nitrogens with zero attached hydrogens (tertiary/aromatic N) is 1. The van der Waals surface area contributed by atoms with E-state index in [1.807, 2.05) is 40.0 Å². The van der Waals surface area contributed by atoms with Crippen molar-refractivity contribution in [1.82, 2.24) is 10.3 Å². The molecule has 1 rings (SSSR count). The molecule has 0 spiro atoms. The number of hydrogen-bond donors (Lipinski definition) is 1. The first-order chi connectivity index (χ1) is 8.42. The third-order valence-electron chi connectivity index (χ3n) is 2.52. The first-order valence-corrected chi connectivity index (χ1v) is 6.32. The van der Waals surface area contributed by atoms with Gasteiger partial charge in [-0.15, -0.1) is 0 Å². The Balaban J connectivity index is 2.35. The molecule has 0 bridgehead atoms. The maximum Gasteiger partial charge on any atom is 0.137 e. The van der Waals surface area contributed by atoms with Crippen LogP contribution < -0.4 is 10.1 Å². The largest absolute Gasteiger partial charge is 0.490 e. The molecule has 0 fully saturated rings. The van der Waals surface area contributed by atoms with Crippen LogP contribution in [0.2, 0.25) is 0 Å². The van der Waals surface area contributed by atoms with Crippen molar-refractivity contribution >= 4 is 0 Å². The molecule has 1 aromatic heterocycles. The summed E-state index contributed by atoms with van der Waals surface area (Å²) in [6, 6.07) is 4.16. The van der Waals surface area contributed by atoms with Gasteiger partial charge in [-0.3, -0.25) is 4.98 Å². The lowest BCUT2D eigenvalue weighted by Crippen LogP contribution is -2.22. The van der Waals surface area contributed by atoms with Crippen molar-refractivity contribution < 1.29 is 9.47 Å². The molecule has 18 heavy (non-hydrogen) atoms. The van der Waals surface area contributed by atoms with Gasteiger partial charge in [0.1, 0.15) is 12.4 Å². The molecule has 0 aromatic carbocycles. The molecule has 0 saturated carbocycles. The van der Waals surface area contributed by atoms with Gasteiger partial charge in [0.15, 0.2) is 0 Å². The van der Waals surface area contributed by atoms with Crippen LogP contribution in [0.5, 0.6) is 5.75 Å². The van der Waals surface area contributed by atoms with Gasteiger partial charge in [0.05, 0.1) is 24.1 Å². The first kappa shape index (κ1) is 14.9. The van der Waals surface area contributed by atoms with E-state index in [2.05, 4.69) is 17.2 Å². The third kappa shape index (κ3) is 5.47. The highest BCUT2D eigenvalue weighted by atomic mass is 16.5. The van der Waals surface area contributed by atoms with E-state index in [1.54, 1.807) is 6.20 Å². The summed E-state index contributed by atoms with van der Waals surface area (Å²) in [4.78, 5) is 4.35. The highest BCUT2D eigenvalue weighted by Crippen LogP contribution is 2.14. The zero-order valence-corrected chi connectivity index (χ0v) is 12.0. The minimum Gasteiger partial charge on any atom is -0.490 e. The van der Waals surface area contributed by atoms with Gasteiger partial charge in [0, 0.05) is 6.04 Å². The second-order valence-corrected chi connectivity index (χ2v) is 5.24. The smallest absolute Gasteiger partial charge is 0.137 e. The lowest BCUT2D eigenvalue weighted by molar-refractivity contribution is -0.0163. The molecule has 1 N–H and O–H groups in total. The fraction of sp³-hybridized carbons (Fsp3) is 0.643. The van der Waals surface area contributed by atoms with E-state index < -0.39 is 0 Å². The molecule has 1 unspecified atom stereocenters. The minimum absolute atomic E-state index is 0.117. The first-order valence-electron chi connectivity index (χ1n) is 6.32.